The molecule has 2 aliphatic heterocycles. The molecule has 2 fully saturated rings. The number of piperidine rings is 1. The average molecular weight is 284 g/mol. The molecule has 2 saturated heterocycles. The van der Waals surface area contributed by atoms with Gasteiger partial charge >= 0.3 is 0 Å². The lowest BCUT2D eigenvalue weighted by Gasteiger charge is -2.31. The van der Waals surface area contributed by atoms with Gasteiger partial charge in [-0.25, -0.2) is 4.68 Å². The predicted molar refractivity (Wildman–Crippen MR) is 80.5 cm³/mol. The molecule has 0 radical (unpaired) electrons. The van der Waals surface area contributed by atoms with Crippen LogP contribution in [0.5, 0.6) is 0 Å². The van der Waals surface area contributed by atoms with Crippen LogP contribution in [0.2, 0.25) is 0 Å². The van der Waals surface area contributed by atoms with Gasteiger partial charge in [0.15, 0.2) is 0 Å². The van der Waals surface area contributed by atoms with Crippen molar-refractivity contribution in [3.05, 3.63) is 30.1 Å². The molecule has 4 rings (SSSR count). The Morgan fingerprint density at radius 2 is 2.14 bits per heavy atom. The number of benzene rings is 1. The SMILES string of the molecule is Cc1ccc(NC2CCN3CCC2C3)cc1-n1cnnn1. The van der Waals surface area contributed by atoms with Gasteiger partial charge in [-0.15, -0.1) is 5.10 Å². The van der Waals surface area contributed by atoms with Crippen LogP contribution in [-0.4, -0.2) is 50.8 Å². The lowest BCUT2D eigenvalue weighted by atomic mass is 9.94. The Kier molecular flexibility index (Phi) is 3.11. The van der Waals surface area contributed by atoms with Gasteiger partial charge in [-0.1, -0.05) is 6.07 Å². The van der Waals surface area contributed by atoms with Gasteiger partial charge in [-0.3, -0.25) is 0 Å². The summed E-state index contributed by atoms with van der Waals surface area (Å²) < 4.78 is 1.72. The summed E-state index contributed by atoms with van der Waals surface area (Å²) in [6.45, 7) is 5.83. The van der Waals surface area contributed by atoms with E-state index in [-0.39, 0.29) is 0 Å². The number of rotatable bonds is 3. The number of aryl methyl sites for hydroxylation is 1. The number of nitrogens with one attached hydrogen (secondary N) is 1. The summed E-state index contributed by atoms with van der Waals surface area (Å²) in [6, 6.07) is 7.02. The van der Waals surface area contributed by atoms with Gasteiger partial charge in [0.2, 0.25) is 0 Å². The first kappa shape index (κ1) is 12.8. The van der Waals surface area contributed by atoms with Crippen LogP contribution in [0.15, 0.2) is 24.5 Å². The second-order valence-electron chi connectivity index (χ2n) is 6.14. The molecule has 0 spiro atoms. The van der Waals surface area contributed by atoms with Crippen molar-refractivity contribution in [1.29, 1.82) is 0 Å². The first-order valence-electron chi connectivity index (χ1n) is 7.62. The molecule has 2 aliphatic rings. The molecular formula is C15H20N6. The molecular weight excluding hydrogens is 264 g/mol. The van der Waals surface area contributed by atoms with Crippen LogP contribution < -0.4 is 5.32 Å². The normalized spacial score (nSPS) is 27.8. The van der Waals surface area contributed by atoms with E-state index in [9.17, 15) is 0 Å². The van der Waals surface area contributed by atoms with Crippen LogP contribution in [0.25, 0.3) is 5.69 Å². The molecule has 6 heteroatoms. The van der Waals surface area contributed by atoms with E-state index in [0.717, 1.165) is 17.3 Å². The van der Waals surface area contributed by atoms with Crippen molar-refractivity contribution in [1.82, 2.24) is 25.1 Å². The van der Waals surface area contributed by atoms with Gasteiger partial charge in [0.25, 0.3) is 0 Å². The largest absolute Gasteiger partial charge is 0.382 e. The number of anilines is 1. The molecule has 1 aromatic carbocycles. The molecule has 110 valence electrons. The summed E-state index contributed by atoms with van der Waals surface area (Å²) in [7, 11) is 0. The summed E-state index contributed by atoms with van der Waals surface area (Å²) in [5.41, 5.74) is 3.37. The molecule has 6 nitrogen and oxygen atoms in total. The average Bonchev–Trinajstić information content (AvgIpc) is 3.14. The quantitative estimate of drug-likeness (QED) is 0.925. The van der Waals surface area contributed by atoms with Crippen LogP contribution in [0.4, 0.5) is 5.69 Å². The fourth-order valence-corrected chi connectivity index (χ4v) is 3.57. The minimum Gasteiger partial charge on any atom is -0.382 e. The van der Waals surface area contributed by atoms with Crippen LogP contribution in [-0.2, 0) is 0 Å². The fraction of sp³-hybridized carbons (Fsp3) is 0.533. The molecule has 3 atom stereocenters. The first-order valence-corrected chi connectivity index (χ1v) is 7.62. The highest BCUT2D eigenvalue weighted by Crippen LogP contribution is 2.30. The van der Waals surface area contributed by atoms with Crippen molar-refractivity contribution in [2.24, 2.45) is 5.92 Å². The molecule has 3 unspecified atom stereocenters. The monoisotopic (exact) mass is 284 g/mol. The van der Waals surface area contributed by atoms with Crippen LogP contribution in [0, 0.1) is 12.8 Å². The number of hydrogen-bond donors (Lipinski definition) is 1. The Labute approximate surface area is 124 Å². The van der Waals surface area contributed by atoms with Crippen molar-refractivity contribution in [2.75, 3.05) is 25.0 Å². The van der Waals surface area contributed by atoms with Gasteiger partial charge in [0, 0.05) is 24.8 Å². The third kappa shape index (κ3) is 2.40. The minimum atomic E-state index is 0.591. The first-order chi connectivity index (χ1) is 10.3. The van der Waals surface area contributed by atoms with E-state index in [1.165, 1.54) is 38.0 Å². The molecule has 0 aliphatic carbocycles. The molecule has 1 N–H and O–H groups in total. The number of fused-ring (bicyclic) bond motifs is 2. The molecule has 21 heavy (non-hydrogen) atoms. The Morgan fingerprint density at radius 1 is 1.24 bits per heavy atom. The van der Waals surface area contributed by atoms with Gasteiger partial charge in [-0.2, -0.15) is 0 Å². The summed E-state index contributed by atoms with van der Waals surface area (Å²) in [5, 5.41) is 15.2. The Bertz CT molecular complexity index is 623. The number of aromatic nitrogens is 4. The number of tetrazole rings is 1. The second kappa shape index (κ2) is 5.11. The highest BCUT2D eigenvalue weighted by atomic mass is 15.5. The summed E-state index contributed by atoms with van der Waals surface area (Å²) >= 11 is 0. The van der Waals surface area contributed by atoms with Crippen molar-refractivity contribution in [3.8, 4) is 5.69 Å². The zero-order valence-electron chi connectivity index (χ0n) is 12.2. The number of hydrogen-bond acceptors (Lipinski definition) is 5. The van der Waals surface area contributed by atoms with Crippen molar-refractivity contribution >= 4 is 5.69 Å². The third-order valence-electron chi connectivity index (χ3n) is 4.79. The van der Waals surface area contributed by atoms with E-state index in [1.807, 2.05) is 0 Å². The van der Waals surface area contributed by atoms with E-state index in [1.54, 1.807) is 11.0 Å². The summed E-state index contributed by atoms with van der Waals surface area (Å²) in [4.78, 5) is 2.57. The van der Waals surface area contributed by atoms with Gasteiger partial charge < -0.3 is 10.2 Å². The number of nitrogens with zero attached hydrogens (tertiary/aromatic N) is 5. The van der Waals surface area contributed by atoms with E-state index < -0.39 is 0 Å². The third-order valence-corrected chi connectivity index (χ3v) is 4.79. The second-order valence-corrected chi connectivity index (χ2v) is 6.14. The molecule has 2 bridgehead atoms. The summed E-state index contributed by atoms with van der Waals surface area (Å²) in [6.07, 6.45) is 4.20. The van der Waals surface area contributed by atoms with Crippen molar-refractivity contribution in [3.63, 3.8) is 0 Å². The zero-order chi connectivity index (χ0) is 14.2. The Morgan fingerprint density at radius 3 is 3.00 bits per heavy atom. The predicted octanol–water partition coefficient (Wildman–Crippen LogP) is 1.48. The standard InChI is InChI=1S/C15H20N6/c1-11-2-3-13(8-15(11)21-10-16-18-19-21)17-14-5-7-20-6-4-12(14)9-20/h2-3,8,10,12,14,17H,4-7,9H2,1H3. The summed E-state index contributed by atoms with van der Waals surface area (Å²) in [5.74, 6) is 0.788. The van der Waals surface area contributed by atoms with E-state index in [0.29, 0.717) is 6.04 Å². The van der Waals surface area contributed by atoms with Gasteiger partial charge in [-0.05, 0) is 60.4 Å². The van der Waals surface area contributed by atoms with Crippen molar-refractivity contribution in [2.45, 2.75) is 25.8 Å². The van der Waals surface area contributed by atoms with Crippen molar-refractivity contribution < 1.29 is 0 Å². The van der Waals surface area contributed by atoms with Gasteiger partial charge in [0.1, 0.15) is 6.33 Å². The topological polar surface area (TPSA) is 58.9 Å². The lowest BCUT2D eigenvalue weighted by Crippen LogP contribution is -2.39. The minimum absolute atomic E-state index is 0.591. The molecule has 2 aromatic rings. The molecule has 0 saturated carbocycles. The van der Waals surface area contributed by atoms with Crippen LogP contribution >= 0.6 is 0 Å². The van der Waals surface area contributed by atoms with Gasteiger partial charge in [0.05, 0.1) is 5.69 Å². The fourth-order valence-electron chi connectivity index (χ4n) is 3.57. The molecule has 0 amide bonds. The highest BCUT2D eigenvalue weighted by Gasteiger charge is 2.34. The molecule has 1 aromatic heterocycles. The Balaban J connectivity index is 1.57. The maximum absolute atomic E-state index is 3.99. The maximum Gasteiger partial charge on any atom is 0.143 e. The smallest absolute Gasteiger partial charge is 0.143 e. The van der Waals surface area contributed by atoms with E-state index >= 15 is 0 Å². The zero-order valence-corrected chi connectivity index (χ0v) is 12.2. The van der Waals surface area contributed by atoms with Crippen LogP contribution in [0.3, 0.4) is 0 Å². The lowest BCUT2D eigenvalue weighted by molar-refractivity contribution is 0.255. The Hall–Kier alpha value is -1.95. The van der Waals surface area contributed by atoms with E-state index in [4.69, 9.17) is 0 Å². The molecule has 3 heterocycles. The highest BCUT2D eigenvalue weighted by molar-refractivity contribution is 5.55. The van der Waals surface area contributed by atoms with Crippen LogP contribution in [0.1, 0.15) is 18.4 Å². The maximum atomic E-state index is 3.99. The van der Waals surface area contributed by atoms with E-state index in [2.05, 4.69) is 50.9 Å².